The molecule has 0 saturated carbocycles. The first-order valence-electron chi connectivity index (χ1n) is 6.43. The molecule has 0 bridgehead atoms. The lowest BCUT2D eigenvalue weighted by atomic mass is 10.0. The van der Waals surface area contributed by atoms with E-state index in [4.69, 9.17) is 0 Å². The van der Waals surface area contributed by atoms with Crippen molar-refractivity contribution < 1.29 is 4.79 Å². The van der Waals surface area contributed by atoms with Crippen LogP contribution in [0, 0.1) is 0 Å². The van der Waals surface area contributed by atoms with Gasteiger partial charge >= 0.3 is 0 Å². The second-order valence-electron chi connectivity index (χ2n) is 5.64. The lowest BCUT2D eigenvalue weighted by Gasteiger charge is -2.32. The quantitative estimate of drug-likeness (QED) is 0.884. The number of rotatable bonds is 4. The van der Waals surface area contributed by atoms with Gasteiger partial charge in [0.05, 0.1) is 11.1 Å². The fourth-order valence-corrected chi connectivity index (χ4v) is 1.82. The van der Waals surface area contributed by atoms with Crippen LogP contribution in [0.3, 0.4) is 0 Å². The number of aromatic nitrogens is 1. The van der Waals surface area contributed by atoms with E-state index in [1.165, 1.54) is 0 Å². The molecular weight excluding hydrogens is 238 g/mol. The summed E-state index contributed by atoms with van der Waals surface area (Å²) >= 11 is 0. The van der Waals surface area contributed by atoms with Crippen LogP contribution in [0.4, 0.5) is 0 Å². The number of fused-ring (bicyclic) bond motifs is 1. The van der Waals surface area contributed by atoms with Crippen LogP contribution in [0.15, 0.2) is 30.5 Å². The molecule has 0 radical (unpaired) electrons. The number of hydrogen-bond acceptors (Lipinski definition) is 2. The van der Waals surface area contributed by atoms with E-state index in [-0.39, 0.29) is 11.4 Å². The van der Waals surface area contributed by atoms with E-state index in [0.29, 0.717) is 12.1 Å². The predicted molar refractivity (Wildman–Crippen MR) is 78.4 cm³/mol. The summed E-state index contributed by atoms with van der Waals surface area (Å²) in [5.74, 6) is -0.0389. The minimum atomic E-state index is -0.0701. The molecule has 1 aromatic carbocycles. The number of amides is 1. The van der Waals surface area contributed by atoms with E-state index in [1.807, 2.05) is 44.6 Å². The van der Waals surface area contributed by atoms with Crippen molar-refractivity contribution in [1.29, 1.82) is 0 Å². The Hall–Kier alpha value is -1.81. The van der Waals surface area contributed by atoms with Crippen molar-refractivity contribution in [2.24, 2.45) is 0 Å². The Labute approximate surface area is 113 Å². The average Bonchev–Trinajstić information content (AvgIpc) is 2.83. The van der Waals surface area contributed by atoms with Gasteiger partial charge in [0.1, 0.15) is 0 Å². The highest BCUT2D eigenvalue weighted by molar-refractivity contribution is 6.05. The summed E-state index contributed by atoms with van der Waals surface area (Å²) < 4.78 is 0. The van der Waals surface area contributed by atoms with Crippen LogP contribution in [0.5, 0.6) is 0 Å². The molecule has 0 unspecified atom stereocenters. The van der Waals surface area contributed by atoms with Crippen molar-refractivity contribution in [2.75, 3.05) is 20.6 Å². The van der Waals surface area contributed by atoms with Crippen LogP contribution in [0.25, 0.3) is 10.9 Å². The van der Waals surface area contributed by atoms with E-state index < -0.39 is 0 Å². The van der Waals surface area contributed by atoms with Gasteiger partial charge < -0.3 is 15.2 Å². The summed E-state index contributed by atoms with van der Waals surface area (Å²) in [4.78, 5) is 17.5. The topological polar surface area (TPSA) is 48.1 Å². The zero-order valence-electron chi connectivity index (χ0n) is 11.9. The normalized spacial score (nSPS) is 12.1. The first-order chi connectivity index (χ1) is 8.92. The standard InChI is InChI=1S/C15H21N3O/c1-15(2,18(3)4)10-17-14(19)12-7-5-6-11-8-9-16-13(11)12/h5-9,16H,10H2,1-4H3,(H,17,19). The monoisotopic (exact) mass is 259 g/mol. The summed E-state index contributed by atoms with van der Waals surface area (Å²) in [7, 11) is 4.02. The summed E-state index contributed by atoms with van der Waals surface area (Å²) in [6.07, 6.45) is 1.85. The Morgan fingerprint density at radius 3 is 2.74 bits per heavy atom. The number of nitrogens with zero attached hydrogens (tertiary/aromatic N) is 1. The number of para-hydroxylation sites is 1. The maximum Gasteiger partial charge on any atom is 0.253 e. The molecule has 0 fully saturated rings. The van der Waals surface area contributed by atoms with Crippen molar-refractivity contribution in [3.63, 3.8) is 0 Å². The van der Waals surface area contributed by atoms with Crippen molar-refractivity contribution >= 4 is 16.8 Å². The van der Waals surface area contributed by atoms with Crippen molar-refractivity contribution in [1.82, 2.24) is 15.2 Å². The van der Waals surface area contributed by atoms with Gasteiger partial charge in [-0.3, -0.25) is 4.79 Å². The summed E-state index contributed by atoms with van der Waals surface area (Å²) in [6, 6.07) is 7.71. The molecule has 1 amide bonds. The number of carbonyl (C=O) groups is 1. The van der Waals surface area contributed by atoms with Gasteiger partial charge in [0.15, 0.2) is 0 Å². The molecular formula is C15H21N3O. The third kappa shape index (κ3) is 2.79. The lowest BCUT2D eigenvalue weighted by Crippen LogP contribution is -2.48. The number of hydrogen-bond donors (Lipinski definition) is 2. The minimum absolute atomic E-state index is 0.0389. The Balaban J connectivity index is 2.15. The van der Waals surface area contributed by atoms with Gasteiger partial charge in [0.25, 0.3) is 5.91 Å². The highest BCUT2D eigenvalue weighted by Gasteiger charge is 2.21. The highest BCUT2D eigenvalue weighted by Crippen LogP contribution is 2.17. The Bertz CT molecular complexity index is 584. The van der Waals surface area contributed by atoms with E-state index in [9.17, 15) is 4.79 Å². The van der Waals surface area contributed by atoms with Crippen molar-refractivity contribution in [3.8, 4) is 0 Å². The van der Waals surface area contributed by atoms with E-state index >= 15 is 0 Å². The summed E-state index contributed by atoms with van der Waals surface area (Å²) in [6.45, 7) is 4.81. The predicted octanol–water partition coefficient (Wildman–Crippen LogP) is 2.24. The van der Waals surface area contributed by atoms with Crippen LogP contribution in [0.2, 0.25) is 0 Å². The van der Waals surface area contributed by atoms with Gasteiger partial charge in [-0.25, -0.2) is 0 Å². The molecule has 0 aliphatic rings. The van der Waals surface area contributed by atoms with Crippen LogP contribution in [-0.4, -0.2) is 42.0 Å². The molecule has 102 valence electrons. The van der Waals surface area contributed by atoms with Gasteiger partial charge in [-0.2, -0.15) is 0 Å². The van der Waals surface area contributed by atoms with E-state index in [2.05, 4.69) is 29.0 Å². The maximum absolute atomic E-state index is 12.3. The molecule has 1 heterocycles. The molecule has 0 aliphatic heterocycles. The first kappa shape index (κ1) is 13.6. The Morgan fingerprint density at radius 1 is 1.32 bits per heavy atom. The largest absolute Gasteiger partial charge is 0.361 e. The molecule has 0 atom stereocenters. The van der Waals surface area contributed by atoms with Crippen LogP contribution in [0.1, 0.15) is 24.2 Å². The fraction of sp³-hybridized carbons (Fsp3) is 0.400. The molecule has 19 heavy (non-hydrogen) atoms. The summed E-state index contributed by atoms with van der Waals surface area (Å²) in [5, 5.41) is 4.06. The second kappa shape index (κ2) is 5.05. The molecule has 4 heteroatoms. The molecule has 0 spiro atoms. The van der Waals surface area contributed by atoms with Crippen molar-refractivity contribution in [2.45, 2.75) is 19.4 Å². The van der Waals surface area contributed by atoms with Crippen LogP contribution in [-0.2, 0) is 0 Å². The number of likely N-dealkylation sites (N-methyl/N-ethyl adjacent to an activating group) is 1. The Morgan fingerprint density at radius 2 is 2.05 bits per heavy atom. The molecule has 2 rings (SSSR count). The van der Waals surface area contributed by atoms with Crippen LogP contribution >= 0.6 is 0 Å². The highest BCUT2D eigenvalue weighted by atomic mass is 16.1. The zero-order valence-corrected chi connectivity index (χ0v) is 11.9. The number of benzene rings is 1. The summed E-state index contributed by atoms with van der Waals surface area (Å²) in [5.41, 5.74) is 1.51. The maximum atomic E-state index is 12.3. The average molecular weight is 259 g/mol. The molecule has 1 aromatic heterocycles. The SMILES string of the molecule is CN(C)C(C)(C)CNC(=O)c1cccc2cc[nH]c12. The van der Waals surface area contributed by atoms with Crippen molar-refractivity contribution in [3.05, 3.63) is 36.0 Å². The second-order valence-corrected chi connectivity index (χ2v) is 5.64. The Kier molecular flexibility index (Phi) is 3.62. The first-order valence-corrected chi connectivity index (χ1v) is 6.43. The van der Waals surface area contributed by atoms with E-state index in [0.717, 1.165) is 10.9 Å². The lowest BCUT2D eigenvalue weighted by molar-refractivity contribution is 0.0921. The molecule has 2 aromatic rings. The van der Waals surface area contributed by atoms with E-state index in [1.54, 1.807) is 0 Å². The van der Waals surface area contributed by atoms with Crippen LogP contribution < -0.4 is 5.32 Å². The fourth-order valence-electron chi connectivity index (χ4n) is 1.82. The molecule has 2 N–H and O–H groups in total. The van der Waals surface area contributed by atoms with Gasteiger partial charge in [-0.1, -0.05) is 12.1 Å². The zero-order chi connectivity index (χ0) is 14.0. The van der Waals surface area contributed by atoms with Gasteiger partial charge in [0.2, 0.25) is 0 Å². The minimum Gasteiger partial charge on any atom is -0.361 e. The molecule has 0 saturated heterocycles. The number of H-pyrrole nitrogens is 1. The van der Waals surface area contributed by atoms with Gasteiger partial charge in [-0.15, -0.1) is 0 Å². The number of carbonyl (C=O) groups excluding carboxylic acids is 1. The number of aromatic amines is 1. The third-order valence-electron chi connectivity index (χ3n) is 3.72. The number of nitrogens with one attached hydrogen (secondary N) is 2. The molecule has 0 aliphatic carbocycles. The van der Waals surface area contributed by atoms with Gasteiger partial charge in [0, 0.05) is 23.7 Å². The smallest absolute Gasteiger partial charge is 0.253 e. The van der Waals surface area contributed by atoms with Gasteiger partial charge in [-0.05, 0) is 40.1 Å². The molecule has 4 nitrogen and oxygen atoms in total. The third-order valence-corrected chi connectivity index (χ3v) is 3.72.